The molecule has 6 nitrogen and oxygen atoms in total. The van der Waals surface area contributed by atoms with Gasteiger partial charge in [-0.3, -0.25) is 4.79 Å². The van der Waals surface area contributed by atoms with E-state index in [1.807, 2.05) is 0 Å². The molecule has 3 N–H and O–H groups in total. The Morgan fingerprint density at radius 1 is 1.58 bits per heavy atom. The van der Waals surface area contributed by atoms with Crippen LogP contribution in [0.25, 0.3) is 0 Å². The molecule has 1 saturated heterocycles. The lowest BCUT2D eigenvalue weighted by molar-refractivity contribution is 0.266. The second-order valence-corrected chi connectivity index (χ2v) is 5.58. The Morgan fingerprint density at radius 3 is 3.05 bits per heavy atom. The van der Waals surface area contributed by atoms with E-state index in [1.54, 1.807) is 6.20 Å². The molecule has 0 aliphatic carbocycles. The third-order valence-corrected chi connectivity index (χ3v) is 4.22. The van der Waals surface area contributed by atoms with Gasteiger partial charge in [-0.25, -0.2) is 4.68 Å². The van der Waals surface area contributed by atoms with E-state index in [1.165, 1.54) is 4.68 Å². The molecule has 1 aromatic rings. The second kappa shape index (κ2) is 6.49. The summed E-state index contributed by atoms with van der Waals surface area (Å²) in [6.07, 6.45) is 3.90. The number of aliphatic hydroxyl groups excluding tert-OH is 1. The van der Waals surface area contributed by atoms with Crippen LogP contribution in [0.15, 0.2) is 15.5 Å². The van der Waals surface area contributed by atoms with Crippen molar-refractivity contribution in [1.82, 2.24) is 9.78 Å². The minimum atomic E-state index is -0.207. The van der Waals surface area contributed by atoms with E-state index in [0.717, 1.165) is 31.6 Å². The lowest BCUT2D eigenvalue weighted by Gasteiger charge is -2.34. The van der Waals surface area contributed by atoms with Crippen molar-refractivity contribution in [2.24, 2.45) is 11.7 Å². The summed E-state index contributed by atoms with van der Waals surface area (Å²) in [4.78, 5) is 14.2. The van der Waals surface area contributed by atoms with Gasteiger partial charge in [-0.15, -0.1) is 0 Å². The fraction of sp³-hybridized carbons (Fsp3) is 0.667. The number of nitrogens with zero attached hydrogens (tertiary/aromatic N) is 3. The van der Waals surface area contributed by atoms with Crippen molar-refractivity contribution in [1.29, 1.82) is 0 Å². The van der Waals surface area contributed by atoms with E-state index in [4.69, 9.17) is 10.8 Å². The first-order valence-corrected chi connectivity index (χ1v) is 7.28. The van der Waals surface area contributed by atoms with Gasteiger partial charge >= 0.3 is 0 Å². The first-order chi connectivity index (χ1) is 9.17. The molecule has 1 fully saturated rings. The van der Waals surface area contributed by atoms with Crippen LogP contribution >= 0.6 is 15.9 Å². The summed E-state index contributed by atoms with van der Waals surface area (Å²) in [5, 5.41) is 13.0. The summed E-state index contributed by atoms with van der Waals surface area (Å²) < 4.78 is 1.77. The quantitative estimate of drug-likeness (QED) is 0.822. The number of nitrogens with two attached hydrogens (primary N) is 1. The topological polar surface area (TPSA) is 84.4 Å². The predicted octanol–water partition coefficient (Wildman–Crippen LogP) is 0.173. The average molecular weight is 331 g/mol. The Kier molecular flexibility index (Phi) is 4.95. The largest absolute Gasteiger partial charge is 0.394 e. The van der Waals surface area contributed by atoms with Crippen LogP contribution in [0.4, 0.5) is 5.69 Å². The van der Waals surface area contributed by atoms with Gasteiger partial charge in [0, 0.05) is 13.1 Å². The zero-order valence-electron chi connectivity index (χ0n) is 10.8. The molecule has 0 bridgehead atoms. The van der Waals surface area contributed by atoms with Crippen LogP contribution in [0.5, 0.6) is 0 Å². The van der Waals surface area contributed by atoms with Crippen LogP contribution in [0, 0.1) is 5.92 Å². The normalized spacial score (nSPS) is 19.7. The van der Waals surface area contributed by atoms with E-state index < -0.39 is 0 Å². The Balaban J connectivity index is 2.25. The van der Waals surface area contributed by atoms with Crippen LogP contribution in [0.2, 0.25) is 0 Å². The molecule has 0 spiro atoms. The van der Waals surface area contributed by atoms with Gasteiger partial charge < -0.3 is 15.7 Å². The van der Waals surface area contributed by atoms with E-state index in [-0.39, 0.29) is 18.7 Å². The van der Waals surface area contributed by atoms with Gasteiger partial charge in [0.25, 0.3) is 5.56 Å². The fourth-order valence-electron chi connectivity index (χ4n) is 2.41. The molecule has 1 aliphatic heterocycles. The maximum absolute atomic E-state index is 12.1. The summed E-state index contributed by atoms with van der Waals surface area (Å²) in [5.41, 5.74) is 6.34. The van der Waals surface area contributed by atoms with Gasteiger partial charge in [0.1, 0.15) is 4.47 Å². The first kappa shape index (κ1) is 14.5. The van der Waals surface area contributed by atoms with Crippen molar-refractivity contribution < 1.29 is 5.11 Å². The number of hydrogen-bond acceptors (Lipinski definition) is 5. The van der Waals surface area contributed by atoms with Crippen LogP contribution in [-0.2, 0) is 6.54 Å². The van der Waals surface area contributed by atoms with Crippen LogP contribution in [0.3, 0.4) is 0 Å². The first-order valence-electron chi connectivity index (χ1n) is 6.49. The van der Waals surface area contributed by atoms with Crippen molar-refractivity contribution in [3.05, 3.63) is 21.0 Å². The van der Waals surface area contributed by atoms with Crippen LogP contribution < -0.4 is 16.2 Å². The van der Waals surface area contributed by atoms with Crippen molar-refractivity contribution >= 4 is 21.6 Å². The maximum atomic E-state index is 12.1. The minimum Gasteiger partial charge on any atom is -0.394 e. The van der Waals surface area contributed by atoms with Gasteiger partial charge in [-0.05, 0) is 41.2 Å². The van der Waals surface area contributed by atoms with Crippen molar-refractivity contribution in [2.45, 2.75) is 19.4 Å². The van der Waals surface area contributed by atoms with Gasteiger partial charge in [0.05, 0.1) is 25.0 Å². The number of piperidine rings is 1. The summed E-state index contributed by atoms with van der Waals surface area (Å²) in [5.74, 6) is 0.473. The van der Waals surface area contributed by atoms with Crippen LogP contribution in [0.1, 0.15) is 12.8 Å². The van der Waals surface area contributed by atoms with Gasteiger partial charge in [-0.2, -0.15) is 5.10 Å². The molecule has 7 heteroatoms. The molecular formula is C12H19BrN4O2. The molecule has 1 atom stereocenters. The van der Waals surface area contributed by atoms with Crippen LogP contribution in [-0.4, -0.2) is 41.1 Å². The standard InChI is InChI=1S/C12H19BrN4O2/c13-11-10(7-15-17(4-5-18)12(11)19)16-3-1-2-9(6-14)8-16/h7,9,18H,1-6,8,14H2. The smallest absolute Gasteiger partial charge is 0.283 e. The minimum absolute atomic E-state index is 0.0995. The van der Waals surface area contributed by atoms with E-state index in [9.17, 15) is 4.79 Å². The highest BCUT2D eigenvalue weighted by molar-refractivity contribution is 9.10. The van der Waals surface area contributed by atoms with Gasteiger partial charge in [-0.1, -0.05) is 0 Å². The molecule has 0 saturated carbocycles. The summed E-state index contributed by atoms with van der Waals surface area (Å²) in [6, 6.07) is 0. The number of aromatic nitrogens is 2. The molecule has 0 radical (unpaired) electrons. The highest BCUT2D eigenvalue weighted by atomic mass is 79.9. The van der Waals surface area contributed by atoms with Gasteiger partial charge in [0.2, 0.25) is 0 Å². The molecule has 1 aliphatic rings. The molecular weight excluding hydrogens is 312 g/mol. The van der Waals surface area contributed by atoms with E-state index >= 15 is 0 Å². The second-order valence-electron chi connectivity index (χ2n) is 4.79. The van der Waals surface area contributed by atoms with Crippen molar-refractivity contribution in [3.63, 3.8) is 0 Å². The van der Waals surface area contributed by atoms with E-state index in [2.05, 4.69) is 25.9 Å². The third-order valence-electron chi connectivity index (χ3n) is 3.47. The van der Waals surface area contributed by atoms with E-state index in [0.29, 0.717) is 16.9 Å². The molecule has 106 valence electrons. The SMILES string of the molecule is NCC1CCCN(c2cnn(CCO)c(=O)c2Br)C1. The molecule has 19 heavy (non-hydrogen) atoms. The van der Waals surface area contributed by atoms with Crippen molar-refractivity contribution in [3.8, 4) is 0 Å². The highest BCUT2D eigenvalue weighted by Gasteiger charge is 2.22. The number of aliphatic hydroxyl groups is 1. The molecule has 2 rings (SSSR count). The summed E-state index contributed by atoms with van der Waals surface area (Å²) in [7, 11) is 0. The fourth-order valence-corrected chi connectivity index (χ4v) is 2.96. The highest BCUT2D eigenvalue weighted by Crippen LogP contribution is 2.26. The Bertz CT molecular complexity index is 491. The number of anilines is 1. The molecule has 1 unspecified atom stereocenters. The lowest BCUT2D eigenvalue weighted by atomic mass is 9.98. The van der Waals surface area contributed by atoms with Crippen molar-refractivity contribution in [2.75, 3.05) is 31.1 Å². The summed E-state index contributed by atoms with van der Waals surface area (Å²) in [6.45, 7) is 2.56. The monoisotopic (exact) mass is 330 g/mol. The third kappa shape index (κ3) is 3.16. The van der Waals surface area contributed by atoms with Gasteiger partial charge in [0.15, 0.2) is 0 Å². The molecule has 2 heterocycles. The Morgan fingerprint density at radius 2 is 2.37 bits per heavy atom. The maximum Gasteiger partial charge on any atom is 0.283 e. The Hall–Kier alpha value is -0.920. The molecule has 1 aromatic heterocycles. The number of hydrogen-bond donors (Lipinski definition) is 2. The molecule has 0 amide bonds. The average Bonchev–Trinajstić information content (AvgIpc) is 2.44. The zero-order valence-corrected chi connectivity index (χ0v) is 12.3. The predicted molar refractivity (Wildman–Crippen MR) is 77.3 cm³/mol. The number of rotatable bonds is 4. The Labute approximate surface area is 120 Å². The number of halogens is 1. The zero-order chi connectivity index (χ0) is 13.8. The summed E-state index contributed by atoms with van der Waals surface area (Å²) >= 11 is 3.35. The molecule has 0 aromatic carbocycles. The lowest BCUT2D eigenvalue weighted by Crippen LogP contribution is -2.39.